The predicted molar refractivity (Wildman–Crippen MR) is 95.7 cm³/mol. The molecule has 3 fully saturated rings. The van der Waals surface area contributed by atoms with Gasteiger partial charge in [-0.3, -0.25) is 9.59 Å². The number of carbonyl (C=O) groups is 2. The molecule has 0 bridgehead atoms. The lowest BCUT2D eigenvalue weighted by Gasteiger charge is -2.60. The van der Waals surface area contributed by atoms with Gasteiger partial charge in [0, 0.05) is 24.9 Å². The van der Waals surface area contributed by atoms with Crippen molar-refractivity contribution in [2.24, 2.45) is 28.6 Å². The Morgan fingerprint density at radius 2 is 2.00 bits per heavy atom. The number of methoxy groups -OCH3 is 1. The Hall–Kier alpha value is -1.32. The SMILES string of the molecule is COC(=O)C1CC=C2[C@@H]3CCC4N(C)C(=O)CC[C@]4(C)[C@@H]3CC[C@@]21C. The lowest BCUT2D eigenvalue weighted by atomic mass is 9.48. The minimum atomic E-state index is -0.0462. The second-order valence-electron chi connectivity index (χ2n) is 9.24. The molecule has 25 heavy (non-hydrogen) atoms. The van der Waals surface area contributed by atoms with Crippen molar-refractivity contribution in [2.45, 2.75) is 64.8 Å². The first-order chi connectivity index (χ1) is 11.8. The smallest absolute Gasteiger partial charge is 0.309 e. The van der Waals surface area contributed by atoms with Crippen molar-refractivity contribution in [1.29, 1.82) is 0 Å². The Morgan fingerprint density at radius 3 is 2.72 bits per heavy atom. The van der Waals surface area contributed by atoms with Crippen molar-refractivity contribution in [3.8, 4) is 0 Å². The summed E-state index contributed by atoms with van der Waals surface area (Å²) >= 11 is 0. The van der Waals surface area contributed by atoms with E-state index in [0.717, 1.165) is 32.1 Å². The van der Waals surface area contributed by atoms with Crippen molar-refractivity contribution < 1.29 is 14.3 Å². The van der Waals surface area contributed by atoms with Gasteiger partial charge in [0.2, 0.25) is 5.91 Å². The Labute approximate surface area is 151 Å². The highest BCUT2D eigenvalue weighted by molar-refractivity contribution is 5.77. The van der Waals surface area contributed by atoms with E-state index in [4.69, 9.17) is 4.74 Å². The molecule has 0 aromatic carbocycles. The lowest BCUT2D eigenvalue weighted by molar-refractivity contribution is -0.154. The van der Waals surface area contributed by atoms with Crippen LogP contribution < -0.4 is 0 Å². The molecule has 0 N–H and O–H groups in total. The number of hydrogen-bond donors (Lipinski definition) is 0. The molecule has 4 nitrogen and oxygen atoms in total. The number of allylic oxidation sites excluding steroid dienone is 2. The largest absolute Gasteiger partial charge is 0.469 e. The van der Waals surface area contributed by atoms with Crippen LogP contribution in [0.1, 0.15) is 58.8 Å². The molecule has 1 aliphatic heterocycles. The van der Waals surface area contributed by atoms with Crippen LogP contribution in [-0.4, -0.2) is 37.0 Å². The molecular weight excluding hydrogens is 314 g/mol. The Kier molecular flexibility index (Phi) is 3.82. The highest BCUT2D eigenvalue weighted by Gasteiger charge is 2.59. The summed E-state index contributed by atoms with van der Waals surface area (Å²) in [5, 5.41) is 0. The molecule has 6 atom stereocenters. The van der Waals surface area contributed by atoms with Gasteiger partial charge in [-0.15, -0.1) is 0 Å². The van der Waals surface area contributed by atoms with E-state index in [1.807, 2.05) is 11.9 Å². The average Bonchev–Trinajstić information content (AvgIpc) is 2.95. The fraction of sp³-hybridized carbons (Fsp3) is 0.810. The number of ether oxygens (including phenoxy) is 1. The van der Waals surface area contributed by atoms with Crippen LogP contribution in [0.3, 0.4) is 0 Å². The quantitative estimate of drug-likeness (QED) is 0.539. The van der Waals surface area contributed by atoms with E-state index in [2.05, 4.69) is 19.9 Å². The van der Waals surface area contributed by atoms with Crippen LogP contribution in [0.15, 0.2) is 11.6 Å². The van der Waals surface area contributed by atoms with Crippen molar-refractivity contribution in [3.63, 3.8) is 0 Å². The maximum atomic E-state index is 12.3. The van der Waals surface area contributed by atoms with Gasteiger partial charge in [0.25, 0.3) is 0 Å². The molecule has 0 spiro atoms. The number of esters is 1. The first kappa shape index (κ1) is 17.1. The van der Waals surface area contributed by atoms with E-state index >= 15 is 0 Å². The summed E-state index contributed by atoms with van der Waals surface area (Å²) in [4.78, 5) is 26.5. The van der Waals surface area contributed by atoms with Crippen LogP contribution in [-0.2, 0) is 14.3 Å². The van der Waals surface area contributed by atoms with Gasteiger partial charge in [-0.25, -0.2) is 0 Å². The van der Waals surface area contributed by atoms with Crippen LogP contribution in [0, 0.1) is 28.6 Å². The summed E-state index contributed by atoms with van der Waals surface area (Å²) in [6.07, 6.45) is 9.38. The second-order valence-corrected chi connectivity index (χ2v) is 9.24. The first-order valence-electron chi connectivity index (χ1n) is 9.87. The summed E-state index contributed by atoms with van der Waals surface area (Å²) < 4.78 is 5.10. The van der Waals surface area contributed by atoms with Crippen molar-refractivity contribution >= 4 is 11.9 Å². The molecule has 2 unspecified atom stereocenters. The molecule has 0 aromatic heterocycles. The fourth-order valence-corrected chi connectivity index (χ4v) is 6.98. The Balaban J connectivity index is 1.64. The zero-order valence-electron chi connectivity index (χ0n) is 16.0. The third-order valence-corrected chi connectivity index (χ3v) is 8.45. The average molecular weight is 345 g/mol. The topological polar surface area (TPSA) is 46.6 Å². The van der Waals surface area contributed by atoms with Crippen LogP contribution in [0.25, 0.3) is 0 Å². The molecule has 4 heteroatoms. The van der Waals surface area contributed by atoms with Crippen LogP contribution in [0.2, 0.25) is 0 Å². The van der Waals surface area contributed by atoms with Gasteiger partial charge in [-0.05, 0) is 55.8 Å². The Bertz CT molecular complexity index is 641. The summed E-state index contributed by atoms with van der Waals surface area (Å²) in [5.41, 5.74) is 1.73. The van der Waals surface area contributed by atoms with Gasteiger partial charge in [-0.2, -0.15) is 0 Å². The molecule has 138 valence electrons. The normalized spacial score (nSPS) is 46.0. The number of hydrogen-bond acceptors (Lipinski definition) is 3. The molecule has 4 rings (SSSR count). The third-order valence-electron chi connectivity index (χ3n) is 8.45. The van der Waals surface area contributed by atoms with Crippen molar-refractivity contribution in [3.05, 3.63) is 11.6 Å². The zero-order valence-corrected chi connectivity index (χ0v) is 16.0. The van der Waals surface area contributed by atoms with E-state index in [0.29, 0.717) is 30.2 Å². The van der Waals surface area contributed by atoms with Gasteiger partial charge in [0.15, 0.2) is 0 Å². The first-order valence-corrected chi connectivity index (χ1v) is 9.87. The van der Waals surface area contributed by atoms with E-state index in [1.54, 1.807) is 0 Å². The van der Waals surface area contributed by atoms with Crippen LogP contribution >= 0.6 is 0 Å². The van der Waals surface area contributed by atoms with Crippen molar-refractivity contribution in [2.75, 3.05) is 14.2 Å². The lowest BCUT2D eigenvalue weighted by Crippen LogP contribution is -2.60. The maximum Gasteiger partial charge on any atom is 0.309 e. The molecular formula is C21H31NO3. The van der Waals surface area contributed by atoms with Crippen LogP contribution in [0.4, 0.5) is 0 Å². The van der Waals surface area contributed by atoms with Crippen molar-refractivity contribution in [1.82, 2.24) is 4.90 Å². The molecule has 3 aliphatic carbocycles. The standard InChI is InChI=1S/C21H31NO3/c1-20-11-9-15-13(14(20)6-7-16(20)19(24)25-4)5-8-17-21(15,2)12-10-18(23)22(17)3/h6,13,15-17H,5,7-12H2,1-4H3/t13-,15+,16?,17?,20-,21+/m0/s1. The minimum absolute atomic E-state index is 0.00501. The minimum Gasteiger partial charge on any atom is -0.469 e. The molecule has 1 saturated heterocycles. The number of nitrogens with zero attached hydrogens (tertiary/aromatic N) is 1. The summed E-state index contributed by atoms with van der Waals surface area (Å²) in [5.74, 6) is 1.48. The third kappa shape index (κ3) is 2.18. The number of fused-ring (bicyclic) bond motifs is 5. The van der Waals surface area contributed by atoms with E-state index in [9.17, 15) is 9.59 Å². The molecule has 0 radical (unpaired) electrons. The summed E-state index contributed by atoms with van der Waals surface area (Å²) in [7, 11) is 3.51. The number of likely N-dealkylation sites (tertiary alicyclic amines) is 1. The van der Waals surface area contributed by atoms with E-state index in [-0.39, 0.29) is 22.7 Å². The van der Waals surface area contributed by atoms with E-state index < -0.39 is 0 Å². The maximum absolute atomic E-state index is 12.3. The highest BCUT2D eigenvalue weighted by Crippen LogP contribution is 2.64. The molecule has 1 amide bonds. The van der Waals surface area contributed by atoms with Gasteiger partial charge >= 0.3 is 5.97 Å². The van der Waals surface area contributed by atoms with E-state index in [1.165, 1.54) is 19.1 Å². The highest BCUT2D eigenvalue weighted by atomic mass is 16.5. The number of piperidine rings is 1. The summed E-state index contributed by atoms with van der Waals surface area (Å²) in [6.45, 7) is 4.71. The number of rotatable bonds is 1. The van der Waals surface area contributed by atoms with Gasteiger partial charge in [0.1, 0.15) is 0 Å². The second kappa shape index (κ2) is 5.59. The molecule has 2 saturated carbocycles. The molecule has 1 heterocycles. The number of carbonyl (C=O) groups excluding carboxylic acids is 2. The van der Waals surface area contributed by atoms with Gasteiger partial charge in [-0.1, -0.05) is 25.5 Å². The number of amides is 1. The molecule has 4 aliphatic rings. The zero-order chi connectivity index (χ0) is 18.0. The fourth-order valence-electron chi connectivity index (χ4n) is 6.98. The Morgan fingerprint density at radius 1 is 1.24 bits per heavy atom. The monoisotopic (exact) mass is 345 g/mol. The van der Waals surface area contributed by atoms with Crippen LogP contribution in [0.5, 0.6) is 0 Å². The molecule has 0 aromatic rings. The summed E-state index contributed by atoms with van der Waals surface area (Å²) in [6, 6.07) is 0.387. The van der Waals surface area contributed by atoms with Gasteiger partial charge < -0.3 is 9.64 Å². The predicted octanol–water partition coefficient (Wildman–Crippen LogP) is 3.56. The van der Waals surface area contributed by atoms with Gasteiger partial charge in [0.05, 0.1) is 13.0 Å².